The maximum absolute atomic E-state index is 12.3. The fourth-order valence-electron chi connectivity index (χ4n) is 2.58. The first-order valence-electron chi connectivity index (χ1n) is 6.82. The van der Waals surface area contributed by atoms with E-state index in [4.69, 9.17) is 5.73 Å². The molecule has 0 bridgehead atoms. The second-order valence-corrected chi connectivity index (χ2v) is 7.04. The molecule has 1 aliphatic carbocycles. The Hall–Kier alpha value is -0.910. The van der Waals surface area contributed by atoms with Crippen LogP contribution in [-0.2, 0) is 16.6 Å². The number of sulfonamides is 1. The molecule has 0 spiro atoms. The molecule has 2 rings (SSSR count). The summed E-state index contributed by atoms with van der Waals surface area (Å²) >= 11 is 0. The van der Waals surface area contributed by atoms with Crippen LogP contribution in [0.1, 0.15) is 36.8 Å². The predicted octanol–water partition coefficient (Wildman–Crippen LogP) is 1.92. The van der Waals surface area contributed by atoms with E-state index in [2.05, 4.69) is 4.72 Å². The van der Waals surface area contributed by atoms with E-state index in [0.29, 0.717) is 23.9 Å². The molecule has 5 heteroatoms. The van der Waals surface area contributed by atoms with Gasteiger partial charge in [0.15, 0.2) is 0 Å². The first-order valence-corrected chi connectivity index (χ1v) is 8.30. The van der Waals surface area contributed by atoms with Gasteiger partial charge in [-0.3, -0.25) is 0 Å². The van der Waals surface area contributed by atoms with Crippen molar-refractivity contribution in [2.75, 3.05) is 6.54 Å². The fourth-order valence-corrected chi connectivity index (χ4v) is 3.99. The van der Waals surface area contributed by atoms with Gasteiger partial charge in [-0.25, -0.2) is 13.1 Å². The number of nitrogens with one attached hydrogen (secondary N) is 1. The number of hydrogen-bond donors (Lipinski definition) is 2. The number of aryl methyl sites for hydroxylation is 1. The van der Waals surface area contributed by atoms with Crippen LogP contribution in [-0.4, -0.2) is 15.0 Å². The lowest BCUT2D eigenvalue weighted by atomic mass is 10.1. The van der Waals surface area contributed by atoms with Crippen LogP contribution < -0.4 is 10.5 Å². The zero-order chi connectivity index (χ0) is 13.9. The molecule has 0 saturated heterocycles. The van der Waals surface area contributed by atoms with Crippen LogP contribution in [0.15, 0.2) is 23.1 Å². The highest BCUT2D eigenvalue weighted by atomic mass is 32.2. The number of benzene rings is 1. The lowest BCUT2D eigenvalue weighted by Gasteiger charge is -2.13. The van der Waals surface area contributed by atoms with Crippen molar-refractivity contribution in [3.05, 3.63) is 29.3 Å². The van der Waals surface area contributed by atoms with E-state index in [1.165, 1.54) is 12.8 Å². The summed E-state index contributed by atoms with van der Waals surface area (Å²) in [4.78, 5) is 0.355. The third-order valence-electron chi connectivity index (χ3n) is 3.81. The summed E-state index contributed by atoms with van der Waals surface area (Å²) in [5.74, 6) is 0.493. The topological polar surface area (TPSA) is 72.2 Å². The first kappa shape index (κ1) is 14.5. The highest BCUT2D eigenvalue weighted by molar-refractivity contribution is 7.89. The Labute approximate surface area is 115 Å². The lowest BCUT2D eigenvalue weighted by Crippen LogP contribution is -2.29. The van der Waals surface area contributed by atoms with Gasteiger partial charge in [0, 0.05) is 13.1 Å². The van der Waals surface area contributed by atoms with Crippen LogP contribution >= 0.6 is 0 Å². The van der Waals surface area contributed by atoms with Crippen LogP contribution in [0.4, 0.5) is 0 Å². The van der Waals surface area contributed by atoms with Crippen LogP contribution in [0.25, 0.3) is 0 Å². The monoisotopic (exact) mass is 282 g/mol. The third-order valence-corrected chi connectivity index (χ3v) is 5.38. The highest BCUT2D eigenvalue weighted by Gasteiger charge is 2.21. The molecule has 1 aromatic carbocycles. The van der Waals surface area contributed by atoms with E-state index < -0.39 is 10.0 Å². The average Bonchev–Trinajstić information content (AvgIpc) is 2.90. The minimum absolute atomic E-state index is 0.353. The van der Waals surface area contributed by atoms with Crippen molar-refractivity contribution in [2.24, 2.45) is 11.7 Å². The van der Waals surface area contributed by atoms with E-state index in [-0.39, 0.29) is 0 Å². The Kier molecular flexibility index (Phi) is 4.60. The van der Waals surface area contributed by atoms with Crippen molar-refractivity contribution < 1.29 is 8.42 Å². The Morgan fingerprint density at radius 3 is 2.63 bits per heavy atom. The van der Waals surface area contributed by atoms with Crippen molar-refractivity contribution in [3.8, 4) is 0 Å². The van der Waals surface area contributed by atoms with Gasteiger partial charge in [0.25, 0.3) is 0 Å². The van der Waals surface area contributed by atoms with Crippen LogP contribution in [0.2, 0.25) is 0 Å². The van der Waals surface area contributed by atoms with Crippen LogP contribution in [0, 0.1) is 12.8 Å². The highest BCUT2D eigenvalue weighted by Crippen LogP contribution is 2.24. The van der Waals surface area contributed by atoms with Gasteiger partial charge in [-0.2, -0.15) is 0 Å². The smallest absolute Gasteiger partial charge is 0.240 e. The van der Waals surface area contributed by atoms with Gasteiger partial charge in [0.2, 0.25) is 10.0 Å². The van der Waals surface area contributed by atoms with E-state index in [1.807, 2.05) is 19.1 Å². The molecule has 0 radical (unpaired) electrons. The van der Waals surface area contributed by atoms with Crippen LogP contribution in [0.3, 0.4) is 0 Å². The molecule has 106 valence electrons. The Bertz CT molecular complexity index is 534. The maximum Gasteiger partial charge on any atom is 0.240 e. The third kappa shape index (κ3) is 3.55. The molecule has 3 N–H and O–H groups in total. The van der Waals surface area contributed by atoms with Crippen molar-refractivity contribution >= 4 is 10.0 Å². The van der Waals surface area contributed by atoms with Gasteiger partial charge >= 0.3 is 0 Å². The van der Waals surface area contributed by atoms with Crippen molar-refractivity contribution in [1.29, 1.82) is 0 Å². The van der Waals surface area contributed by atoms with Crippen molar-refractivity contribution in [3.63, 3.8) is 0 Å². The summed E-state index contributed by atoms with van der Waals surface area (Å²) in [6.45, 7) is 2.71. The lowest BCUT2D eigenvalue weighted by molar-refractivity contribution is 0.519. The Balaban J connectivity index is 2.13. The zero-order valence-electron chi connectivity index (χ0n) is 11.4. The van der Waals surface area contributed by atoms with Gasteiger partial charge < -0.3 is 5.73 Å². The quantitative estimate of drug-likeness (QED) is 0.866. The van der Waals surface area contributed by atoms with Gasteiger partial charge in [-0.1, -0.05) is 25.0 Å². The zero-order valence-corrected chi connectivity index (χ0v) is 12.2. The second kappa shape index (κ2) is 6.03. The molecule has 0 aromatic heterocycles. The summed E-state index contributed by atoms with van der Waals surface area (Å²) < 4.78 is 27.4. The maximum atomic E-state index is 12.3. The molecule has 4 nitrogen and oxygen atoms in total. The summed E-state index contributed by atoms with van der Waals surface area (Å²) in [5.41, 5.74) is 7.17. The largest absolute Gasteiger partial charge is 0.326 e. The molecule has 1 saturated carbocycles. The molecule has 0 heterocycles. The molecule has 1 fully saturated rings. The van der Waals surface area contributed by atoms with Gasteiger partial charge in [-0.15, -0.1) is 0 Å². The van der Waals surface area contributed by atoms with Crippen molar-refractivity contribution in [1.82, 2.24) is 4.72 Å². The molecule has 1 aliphatic rings. The molecule has 0 unspecified atom stereocenters. The molecule has 0 aliphatic heterocycles. The molecule has 19 heavy (non-hydrogen) atoms. The average molecular weight is 282 g/mol. The molecular formula is C14H22N2O2S. The summed E-state index contributed by atoms with van der Waals surface area (Å²) in [5, 5.41) is 0. The molecule has 0 atom stereocenters. The van der Waals surface area contributed by atoms with Gasteiger partial charge in [0.05, 0.1) is 4.90 Å². The minimum Gasteiger partial charge on any atom is -0.326 e. The predicted molar refractivity (Wildman–Crippen MR) is 76.2 cm³/mol. The fraction of sp³-hybridized carbons (Fsp3) is 0.571. The summed E-state index contributed by atoms with van der Waals surface area (Å²) in [6, 6.07) is 5.35. The SMILES string of the molecule is Cc1ccc(CN)cc1S(=O)(=O)NCC1CCCC1. The Morgan fingerprint density at radius 1 is 1.32 bits per heavy atom. The van der Waals surface area contributed by atoms with Gasteiger partial charge in [-0.05, 0) is 42.9 Å². The Morgan fingerprint density at radius 2 is 2.00 bits per heavy atom. The first-order chi connectivity index (χ1) is 9.03. The number of rotatable bonds is 5. The standard InChI is InChI=1S/C14H22N2O2S/c1-11-6-7-13(9-15)8-14(11)19(17,18)16-10-12-4-2-3-5-12/h6-8,12,16H,2-5,9-10,15H2,1H3. The molecule has 0 amide bonds. The summed E-state index contributed by atoms with van der Waals surface area (Å²) in [6.07, 6.45) is 4.69. The van der Waals surface area contributed by atoms with E-state index in [0.717, 1.165) is 24.0 Å². The van der Waals surface area contributed by atoms with E-state index >= 15 is 0 Å². The number of hydrogen-bond acceptors (Lipinski definition) is 3. The van der Waals surface area contributed by atoms with Gasteiger partial charge in [0.1, 0.15) is 0 Å². The normalized spacial score (nSPS) is 16.9. The summed E-state index contributed by atoms with van der Waals surface area (Å²) in [7, 11) is -3.42. The number of nitrogens with two attached hydrogens (primary N) is 1. The van der Waals surface area contributed by atoms with Crippen LogP contribution in [0.5, 0.6) is 0 Å². The van der Waals surface area contributed by atoms with E-state index in [1.54, 1.807) is 6.07 Å². The van der Waals surface area contributed by atoms with E-state index in [9.17, 15) is 8.42 Å². The molecular weight excluding hydrogens is 260 g/mol. The second-order valence-electron chi connectivity index (χ2n) is 5.31. The molecule has 1 aromatic rings. The minimum atomic E-state index is -3.42. The van der Waals surface area contributed by atoms with Crippen molar-refractivity contribution in [2.45, 2.75) is 44.0 Å².